The summed E-state index contributed by atoms with van der Waals surface area (Å²) in [5.41, 5.74) is 2.40. The zero-order chi connectivity index (χ0) is 17.1. The van der Waals surface area contributed by atoms with Crippen LogP contribution in [-0.4, -0.2) is 38.9 Å². The molecule has 4 nitrogen and oxygen atoms in total. The summed E-state index contributed by atoms with van der Waals surface area (Å²) in [7, 11) is 0. The van der Waals surface area contributed by atoms with Gasteiger partial charge in [-0.15, -0.1) is 11.8 Å². The quantitative estimate of drug-likeness (QED) is 0.735. The Morgan fingerprint density at radius 3 is 2.50 bits per heavy atom. The Hall–Kier alpha value is -1.65. The molecule has 4 atom stereocenters. The van der Waals surface area contributed by atoms with Gasteiger partial charge in [-0.05, 0) is 23.8 Å². The first-order valence-electron chi connectivity index (χ1n) is 7.52. The van der Waals surface area contributed by atoms with Crippen LogP contribution < -0.4 is 4.74 Å². The Bertz CT molecular complexity index is 745. The summed E-state index contributed by atoms with van der Waals surface area (Å²) in [6.45, 7) is 0. The van der Waals surface area contributed by atoms with Gasteiger partial charge in [-0.2, -0.15) is 17.9 Å². The Labute approximate surface area is 150 Å². The fourth-order valence-electron chi connectivity index (χ4n) is 2.58. The van der Waals surface area contributed by atoms with Crippen molar-refractivity contribution in [2.75, 3.05) is 5.75 Å². The van der Waals surface area contributed by atoms with Gasteiger partial charge in [0.1, 0.15) is 24.1 Å². The lowest BCUT2D eigenvalue weighted by Gasteiger charge is -2.35. The number of benzene rings is 2. The van der Waals surface area contributed by atoms with E-state index in [1.54, 1.807) is 12.1 Å². The monoisotopic (exact) mass is 359 g/mol. The van der Waals surface area contributed by atoms with Crippen LogP contribution in [0.25, 0.3) is 11.1 Å². The summed E-state index contributed by atoms with van der Waals surface area (Å²) in [6.07, 6.45) is -2.42. The molecule has 1 fully saturated rings. The van der Waals surface area contributed by atoms with Gasteiger partial charge in [0.05, 0.1) is 16.2 Å². The molecule has 2 aromatic carbocycles. The lowest BCUT2D eigenvalue weighted by Crippen LogP contribution is -2.49. The molecule has 1 heterocycles. The molecule has 6 heteroatoms. The average molecular weight is 359 g/mol. The third kappa shape index (κ3) is 3.55. The molecule has 1 aliphatic heterocycles. The van der Waals surface area contributed by atoms with Gasteiger partial charge in [0, 0.05) is 11.3 Å². The van der Waals surface area contributed by atoms with Crippen LogP contribution in [-0.2, 0) is 0 Å². The fourth-order valence-corrected chi connectivity index (χ4v) is 4.02. The molecule has 3 rings (SSSR count). The van der Waals surface area contributed by atoms with Gasteiger partial charge in [0.25, 0.3) is 0 Å². The fraction of sp³-hybridized carbons (Fsp3) is 0.278. The van der Waals surface area contributed by atoms with Crippen LogP contribution in [0.15, 0.2) is 48.5 Å². The van der Waals surface area contributed by atoms with E-state index in [1.807, 2.05) is 36.4 Å². The molecule has 0 spiro atoms. The zero-order valence-corrected chi connectivity index (χ0v) is 14.5. The van der Waals surface area contributed by atoms with Crippen LogP contribution in [0.4, 0.5) is 0 Å². The molecule has 0 saturated carbocycles. The lowest BCUT2D eigenvalue weighted by atomic mass is 10.0. The SMILES string of the molecule is N#Cc1ccc(-c2ccccc2O[C@@H]2CS[C@@H](S)[C@H](O)[C@H]2O)cc1. The van der Waals surface area contributed by atoms with Gasteiger partial charge in [0.15, 0.2) is 0 Å². The maximum Gasteiger partial charge on any atom is 0.136 e. The summed E-state index contributed by atoms with van der Waals surface area (Å²) < 4.78 is 5.69. The first-order chi connectivity index (χ1) is 11.6. The van der Waals surface area contributed by atoms with Gasteiger partial charge >= 0.3 is 0 Å². The number of nitrogens with zero attached hydrogens (tertiary/aromatic N) is 1. The van der Waals surface area contributed by atoms with E-state index in [1.165, 1.54) is 11.8 Å². The number of nitriles is 1. The molecular weight excluding hydrogens is 342 g/mol. The molecule has 0 aliphatic carbocycles. The average Bonchev–Trinajstić information content (AvgIpc) is 2.63. The summed E-state index contributed by atoms with van der Waals surface area (Å²) in [4.78, 5) is 0. The van der Waals surface area contributed by atoms with E-state index in [0.29, 0.717) is 17.1 Å². The second-order valence-electron chi connectivity index (χ2n) is 5.55. The first kappa shape index (κ1) is 17.2. The number of thioether (sulfide) groups is 1. The van der Waals surface area contributed by atoms with E-state index in [2.05, 4.69) is 18.7 Å². The zero-order valence-electron chi connectivity index (χ0n) is 12.7. The van der Waals surface area contributed by atoms with Crippen LogP contribution >= 0.6 is 24.4 Å². The van der Waals surface area contributed by atoms with Crippen LogP contribution in [0.5, 0.6) is 5.75 Å². The summed E-state index contributed by atoms with van der Waals surface area (Å²) >= 11 is 5.71. The van der Waals surface area contributed by atoms with Crippen molar-refractivity contribution >= 4 is 24.4 Å². The highest BCUT2D eigenvalue weighted by molar-refractivity contribution is 8.10. The number of aliphatic hydroxyl groups excluding tert-OH is 2. The number of thiol groups is 1. The number of ether oxygens (including phenoxy) is 1. The van der Waals surface area contributed by atoms with Crippen molar-refractivity contribution in [3.63, 3.8) is 0 Å². The second-order valence-corrected chi connectivity index (χ2v) is 7.63. The molecular formula is C18H17NO3S2. The molecule has 2 N–H and O–H groups in total. The highest BCUT2D eigenvalue weighted by atomic mass is 32.2. The number of hydrogen-bond acceptors (Lipinski definition) is 6. The summed E-state index contributed by atoms with van der Waals surface area (Å²) in [5, 5.41) is 29.1. The molecule has 24 heavy (non-hydrogen) atoms. The van der Waals surface area contributed by atoms with Crippen molar-refractivity contribution in [3.8, 4) is 22.9 Å². The van der Waals surface area contributed by atoms with E-state index in [-0.39, 0.29) is 4.58 Å². The van der Waals surface area contributed by atoms with Crippen molar-refractivity contribution in [3.05, 3.63) is 54.1 Å². The Kier molecular flexibility index (Phi) is 5.36. The molecule has 0 radical (unpaired) electrons. The van der Waals surface area contributed by atoms with E-state index >= 15 is 0 Å². The molecule has 0 aromatic heterocycles. The van der Waals surface area contributed by atoms with Crippen LogP contribution in [0, 0.1) is 11.3 Å². The predicted octanol–water partition coefficient (Wildman–Crippen LogP) is 2.70. The normalized spacial score (nSPS) is 26.6. The minimum absolute atomic E-state index is 0.311. The molecule has 0 amide bonds. The number of hydrogen-bond donors (Lipinski definition) is 3. The highest BCUT2D eigenvalue weighted by Crippen LogP contribution is 2.35. The van der Waals surface area contributed by atoms with Crippen LogP contribution in [0.2, 0.25) is 0 Å². The van der Waals surface area contributed by atoms with E-state index in [4.69, 9.17) is 10.00 Å². The Morgan fingerprint density at radius 1 is 1.08 bits per heavy atom. The molecule has 124 valence electrons. The Morgan fingerprint density at radius 2 is 1.79 bits per heavy atom. The number of rotatable bonds is 3. The van der Waals surface area contributed by atoms with Gasteiger partial charge < -0.3 is 14.9 Å². The van der Waals surface area contributed by atoms with Gasteiger partial charge in [-0.3, -0.25) is 0 Å². The highest BCUT2D eigenvalue weighted by Gasteiger charge is 2.38. The minimum Gasteiger partial charge on any atom is -0.486 e. The predicted molar refractivity (Wildman–Crippen MR) is 98.3 cm³/mol. The molecule has 1 aliphatic rings. The number of aliphatic hydroxyl groups is 2. The smallest absolute Gasteiger partial charge is 0.136 e. The van der Waals surface area contributed by atoms with Crippen molar-refractivity contribution in [1.29, 1.82) is 5.26 Å². The maximum absolute atomic E-state index is 10.2. The molecule has 2 aromatic rings. The summed E-state index contributed by atoms with van der Waals surface area (Å²) in [5.74, 6) is 1.19. The van der Waals surface area contributed by atoms with Gasteiger partial charge in [-0.1, -0.05) is 30.3 Å². The first-order valence-corrected chi connectivity index (χ1v) is 9.08. The van der Waals surface area contributed by atoms with Crippen molar-refractivity contribution < 1.29 is 14.9 Å². The minimum atomic E-state index is -0.984. The third-order valence-electron chi connectivity index (χ3n) is 3.94. The van der Waals surface area contributed by atoms with Gasteiger partial charge in [0.2, 0.25) is 0 Å². The molecule has 0 unspecified atom stereocenters. The van der Waals surface area contributed by atoms with E-state index in [0.717, 1.165) is 11.1 Å². The van der Waals surface area contributed by atoms with Crippen LogP contribution in [0.1, 0.15) is 5.56 Å². The molecule has 1 saturated heterocycles. The summed E-state index contributed by atoms with van der Waals surface area (Å²) in [6, 6.07) is 16.9. The van der Waals surface area contributed by atoms with E-state index in [9.17, 15) is 10.2 Å². The van der Waals surface area contributed by atoms with E-state index < -0.39 is 18.3 Å². The van der Waals surface area contributed by atoms with Crippen molar-refractivity contribution in [2.45, 2.75) is 22.9 Å². The maximum atomic E-state index is 10.2. The Balaban J connectivity index is 1.85. The second kappa shape index (κ2) is 7.49. The number of para-hydroxylation sites is 1. The van der Waals surface area contributed by atoms with Gasteiger partial charge in [-0.25, -0.2) is 0 Å². The molecule has 0 bridgehead atoms. The lowest BCUT2D eigenvalue weighted by molar-refractivity contribution is -0.0374. The third-order valence-corrected chi connectivity index (χ3v) is 5.84. The topological polar surface area (TPSA) is 73.5 Å². The standard InChI is InChI=1S/C18H17NO3S2/c19-9-11-5-7-12(8-6-11)13-3-1-2-4-14(13)22-15-10-24-18(23)17(21)16(15)20/h1-8,15-18,20-21,23H,10H2/t15-,16+,17-,18-/m1/s1. The van der Waals surface area contributed by atoms with Crippen LogP contribution in [0.3, 0.4) is 0 Å². The van der Waals surface area contributed by atoms with Crippen molar-refractivity contribution in [2.24, 2.45) is 0 Å². The van der Waals surface area contributed by atoms with Crippen molar-refractivity contribution in [1.82, 2.24) is 0 Å². The largest absolute Gasteiger partial charge is 0.486 e.